The predicted octanol–water partition coefficient (Wildman–Crippen LogP) is -1.04. The molecule has 0 bridgehead atoms. The summed E-state index contributed by atoms with van der Waals surface area (Å²) in [6.45, 7) is 2.13. The number of nitrogens with one attached hydrogen (secondary N) is 1. The number of hydrogen-bond acceptors (Lipinski definition) is 3. The quantitative estimate of drug-likeness (QED) is 0.392. The molecule has 0 spiro atoms. The summed E-state index contributed by atoms with van der Waals surface area (Å²) in [6, 6.07) is 0. The fourth-order valence-electron chi connectivity index (χ4n) is 0.789. The van der Waals surface area contributed by atoms with Crippen LogP contribution in [0, 0.1) is 0 Å². The number of aromatic amines is 1. The first kappa shape index (κ1) is 11.5. The minimum Gasteiger partial charge on any atom is -0.786 e. The monoisotopic (exact) mass is 192 g/mol. The zero-order valence-electron chi connectivity index (χ0n) is 7.06. The van der Waals surface area contributed by atoms with Crippen molar-refractivity contribution in [1.29, 1.82) is 0 Å². The highest BCUT2D eigenvalue weighted by Crippen LogP contribution is 2.03. The summed E-state index contributed by atoms with van der Waals surface area (Å²) in [7, 11) is -0.833. The third kappa shape index (κ3) is 5.21. The van der Waals surface area contributed by atoms with Crippen LogP contribution in [0.2, 0.25) is 0 Å². The van der Waals surface area contributed by atoms with Gasteiger partial charge >= 0.3 is 0 Å². The van der Waals surface area contributed by atoms with Gasteiger partial charge in [-0.15, -0.1) is 0 Å². The van der Waals surface area contributed by atoms with Crippen LogP contribution in [0.15, 0.2) is 12.4 Å². The van der Waals surface area contributed by atoms with E-state index in [1.807, 2.05) is 19.4 Å². The van der Waals surface area contributed by atoms with E-state index in [0.717, 1.165) is 6.42 Å². The predicted molar refractivity (Wildman–Crippen MR) is 42.7 cm³/mol. The normalized spacial score (nSPS) is 9.50. The molecule has 0 aliphatic carbocycles. The Labute approximate surface area is 72.3 Å². The Morgan fingerprint density at radius 3 is 2.33 bits per heavy atom. The summed E-state index contributed by atoms with van der Waals surface area (Å²) in [5.74, 6) is 1.27. The Hall–Kier alpha value is -0.480. The van der Waals surface area contributed by atoms with Gasteiger partial charge in [0, 0.05) is 6.42 Å². The van der Waals surface area contributed by atoms with Crippen LogP contribution in [0.25, 0.3) is 0 Å². The molecule has 0 saturated carbocycles. The van der Waals surface area contributed by atoms with Crippen molar-refractivity contribution < 1.29 is 19.2 Å². The van der Waals surface area contributed by atoms with Crippen LogP contribution < -0.4 is 9.46 Å². The molecule has 0 aliphatic heterocycles. The molecule has 12 heavy (non-hydrogen) atoms. The molecule has 6 heteroatoms. The standard InChI is InChI=1S/C6H10N2.H2O3P/c1-3-6-7-4-5-8(6)2;1-4(2)3/h4-5H,3H2,1-2H3;1-2H/q;-1/p+1. The zero-order chi connectivity index (χ0) is 9.56. The summed E-state index contributed by atoms with van der Waals surface area (Å²) in [6.07, 6.45) is 5.03. The van der Waals surface area contributed by atoms with Crippen molar-refractivity contribution in [2.24, 2.45) is 7.05 Å². The third-order valence-corrected chi connectivity index (χ3v) is 1.31. The second-order valence-corrected chi connectivity index (χ2v) is 2.63. The molecule has 0 unspecified atom stereocenters. The van der Waals surface area contributed by atoms with E-state index in [4.69, 9.17) is 14.7 Å². The van der Waals surface area contributed by atoms with Crippen LogP contribution in [0.5, 0.6) is 0 Å². The minimum atomic E-state index is -2.87. The van der Waals surface area contributed by atoms with Crippen molar-refractivity contribution in [3.8, 4) is 0 Å². The molecule has 0 atom stereocenters. The number of aromatic nitrogens is 2. The lowest BCUT2D eigenvalue weighted by Gasteiger charge is -1.99. The highest BCUT2D eigenvalue weighted by atomic mass is 31.2. The van der Waals surface area contributed by atoms with E-state index in [1.54, 1.807) is 0 Å². The fraction of sp³-hybridized carbons (Fsp3) is 0.500. The number of rotatable bonds is 1. The van der Waals surface area contributed by atoms with E-state index in [9.17, 15) is 0 Å². The Kier molecular flexibility index (Phi) is 5.84. The highest BCUT2D eigenvalue weighted by molar-refractivity contribution is 7.36. The number of H-pyrrole nitrogens is 1. The van der Waals surface area contributed by atoms with Gasteiger partial charge in [0.25, 0.3) is 5.82 Å². The summed E-state index contributed by atoms with van der Waals surface area (Å²) < 4.78 is 2.08. The van der Waals surface area contributed by atoms with E-state index in [1.165, 1.54) is 5.82 Å². The van der Waals surface area contributed by atoms with Gasteiger partial charge in [0.05, 0.1) is 15.7 Å². The largest absolute Gasteiger partial charge is 0.786 e. The van der Waals surface area contributed by atoms with Crippen LogP contribution in [0.1, 0.15) is 12.7 Å². The van der Waals surface area contributed by atoms with Gasteiger partial charge < -0.3 is 14.7 Å². The summed E-state index contributed by atoms with van der Waals surface area (Å²) in [5.41, 5.74) is 0. The van der Waals surface area contributed by atoms with E-state index in [0.29, 0.717) is 0 Å². The second kappa shape index (κ2) is 6.08. The van der Waals surface area contributed by atoms with Crippen molar-refractivity contribution in [2.75, 3.05) is 0 Å². The molecule has 0 radical (unpaired) electrons. The average molecular weight is 192 g/mol. The molecule has 1 aromatic heterocycles. The van der Waals surface area contributed by atoms with Gasteiger partial charge in [-0.25, -0.2) is 9.55 Å². The van der Waals surface area contributed by atoms with Crippen LogP contribution >= 0.6 is 8.60 Å². The second-order valence-electron chi connectivity index (χ2n) is 2.12. The molecule has 3 N–H and O–H groups in total. The van der Waals surface area contributed by atoms with Gasteiger partial charge in [-0.2, -0.15) is 0 Å². The molecule has 70 valence electrons. The Morgan fingerprint density at radius 1 is 1.67 bits per heavy atom. The van der Waals surface area contributed by atoms with Crippen molar-refractivity contribution in [3.05, 3.63) is 18.2 Å². The van der Waals surface area contributed by atoms with Crippen LogP contribution in [-0.4, -0.2) is 14.8 Å². The van der Waals surface area contributed by atoms with E-state index < -0.39 is 8.60 Å². The van der Waals surface area contributed by atoms with E-state index >= 15 is 0 Å². The van der Waals surface area contributed by atoms with Crippen LogP contribution in [-0.2, 0) is 13.5 Å². The molecule has 1 rings (SSSR count). The van der Waals surface area contributed by atoms with Crippen molar-refractivity contribution in [3.63, 3.8) is 0 Å². The Morgan fingerprint density at radius 2 is 2.17 bits per heavy atom. The molecular weight excluding hydrogens is 179 g/mol. The first-order chi connectivity index (χ1) is 5.57. The first-order valence-corrected chi connectivity index (χ1v) is 4.61. The van der Waals surface area contributed by atoms with Gasteiger partial charge in [0.15, 0.2) is 0 Å². The van der Waals surface area contributed by atoms with Gasteiger partial charge in [-0.1, -0.05) is 6.92 Å². The van der Waals surface area contributed by atoms with Crippen molar-refractivity contribution in [1.82, 2.24) is 4.98 Å². The van der Waals surface area contributed by atoms with Gasteiger partial charge in [-0.05, 0) is 0 Å². The van der Waals surface area contributed by atoms with Crippen LogP contribution in [0.4, 0.5) is 0 Å². The summed E-state index contributed by atoms with van der Waals surface area (Å²) in [5, 5.41) is 0. The number of hydrogen-bond donors (Lipinski definition) is 3. The van der Waals surface area contributed by atoms with Crippen molar-refractivity contribution >= 4 is 8.60 Å². The highest BCUT2D eigenvalue weighted by Gasteiger charge is 1.99. The van der Waals surface area contributed by atoms with Crippen molar-refractivity contribution in [2.45, 2.75) is 13.3 Å². The molecule has 0 amide bonds. The van der Waals surface area contributed by atoms with E-state index in [-0.39, 0.29) is 0 Å². The lowest BCUT2D eigenvalue weighted by atomic mass is 10.5. The molecule has 0 fully saturated rings. The molecular formula is C6H13N2O3P. The molecule has 0 saturated heterocycles. The molecule has 1 aromatic rings. The molecule has 1 heterocycles. The number of imidazole rings is 1. The average Bonchev–Trinajstić information content (AvgIpc) is 2.33. The first-order valence-electron chi connectivity index (χ1n) is 3.44. The molecule has 0 aliphatic rings. The van der Waals surface area contributed by atoms with Gasteiger partial charge in [0.2, 0.25) is 0 Å². The topological polar surface area (TPSA) is 83.2 Å². The Balaban J connectivity index is 0.000000261. The maximum Gasteiger partial charge on any atom is 0.253 e. The zero-order valence-corrected chi connectivity index (χ0v) is 7.95. The van der Waals surface area contributed by atoms with Gasteiger partial charge in [0.1, 0.15) is 12.4 Å². The third-order valence-electron chi connectivity index (χ3n) is 1.31. The van der Waals surface area contributed by atoms with Crippen LogP contribution in [0.3, 0.4) is 0 Å². The van der Waals surface area contributed by atoms with E-state index in [2.05, 4.69) is 16.5 Å². The summed E-state index contributed by atoms with van der Waals surface area (Å²) >= 11 is 0. The lowest BCUT2D eigenvalue weighted by molar-refractivity contribution is -0.677. The van der Waals surface area contributed by atoms with Gasteiger partial charge in [-0.3, -0.25) is 0 Å². The maximum absolute atomic E-state index is 8.70. The molecule has 5 nitrogen and oxygen atoms in total. The maximum atomic E-state index is 8.70. The fourth-order valence-corrected chi connectivity index (χ4v) is 0.789. The number of nitrogens with zero attached hydrogens (tertiary/aromatic N) is 1. The lowest BCUT2D eigenvalue weighted by Crippen LogP contribution is -2.29. The molecule has 0 aromatic carbocycles. The number of aryl methyl sites for hydroxylation is 2. The minimum absolute atomic E-state index is 1.07. The summed E-state index contributed by atoms with van der Waals surface area (Å²) in [4.78, 5) is 26.1. The Bertz CT molecular complexity index is 212. The smallest absolute Gasteiger partial charge is 0.253 e. The SMILES string of the molecule is CCc1[nH]cc[n+]1C.[O-]P(O)O.